The molecule has 0 radical (unpaired) electrons. The standard InChI is InChI=1S/C53H86N6O15/c1-15-36-41(61)47(68-29-53(36,14)66)71-43-38(57-45(63)40(60)22-23-54-31(3)72-50(5,6)7)24-39(58-49(65)74-52(11,12)13)44(42(43)62)70-46-37(56-34-26-59(27-34)32(4)73-51(8,9)10)21-20-35(69-46)25-55-48(64)67-28-33-18-16-30(2)17-19-33/h16-20,34,36-44,46-47,54,56,60-62,66H,3-4,15,21-29H2,1-2,5-14H3,(H,55,64)(H,57,63)(H,58,65)/t36-,37-,38-,39?,40+,41?,42-,43+,44-,46-,47?,53+/m1/s1. The van der Waals surface area contributed by atoms with Crippen molar-refractivity contribution in [3.05, 3.63) is 72.2 Å². The first-order valence-corrected chi connectivity index (χ1v) is 25.7. The summed E-state index contributed by atoms with van der Waals surface area (Å²) in [4.78, 5) is 42.5. The minimum absolute atomic E-state index is 0.0480. The molecular weight excluding hydrogens is 961 g/mol. The molecule has 4 aliphatic rings. The second kappa shape index (κ2) is 25.3. The highest BCUT2D eigenvalue weighted by Gasteiger charge is 2.53. The normalized spacial score (nSPS) is 29.0. The van der Waals surface area contributed by atoms with Gasteiger partial charge in [0.05, 0.1) is 36.9 Å². The average Bonchev–Trinajstić information content (AvgIpc) is 3.25. The second-order valence-corrected chi connectivity index (χ2v) is 23.0. The number of aliphatic hydroxyl groups excluding tert-OH is 3. The van der Waals surface area contributed by atoms with Crippen molar-refractivity contribution >= 4 is 18.1 Å². The van der Waals surface area contributed by atoms with E-state index in [1.165, 1.54) is 0 Å². The van der Waals surface area contributed by atoms with Gasteiger partial charge < -0.3 is 89.8 Å². The van der Waals surface area contributed by atoms with E-state index in [1.54, 1.807) is 34.6 Å². The van der Waals surface area contributed by atoms with E-state index in [9.17, 15) is 34.8 Å². The third-order valence-electron chi connectivity index (χ3n) is 12.7. The summed E-state index contributed by atoms with van der Waals surface area (Å²) in [5, 5.41) is 61.5. The molecule has 5 rings (SSSR count). The zero-order valence-electron chi connectivity index (χ0n) is 45.5. The molecule has 9 N–H and O–H groups in total. The highest BCUT2D eigenvalue weighted by molar-refractivity contribution is 5.81. The van der Waals surface area contributed by atoms with E-state index >= 15 is 0 Å². The Morgan fingerprint density at radius 2 is 1.45 bits per heavy atom. The summed E-state index contributed by atoms with van der Waals surface area (Å²) in [6.07, 6.45) is -9.28. The van der Waals surface area contributed by atoms with Crippen molar-refractivity contribution in [2.75, 3.05) is 32.8 Å². The van der Waals surface area contributed by atoms with Gasteiger partial charge in [-0.15, -0.1) is 0 Å². The van der Waals surface area contributed by atoms with Gasteiger partial charge in [-0.05, 0) is 127 Å². The summed E-state index contributed by atoms with van der Waals surface area (Å²) in [7, 11) is 0. The number of rotatable bonds is 21. The lowest BCUT2D eigenvalue weighted by Gasteiger charge is -2.50. The van der Waals surface area contributed by atoms with Gasteiger partial charge in [0.2, 0.25) is 12.2 Å². The van der Waals surface area contributed by atoms with Crippen molar-refractivity contribution < 1.29 is 72.7 Å². The molecule has 3 heterocycles. The molecule has 0 aromatic heterocycles. The molecule has 1 saturated carbocycles. The molecule has 0 bridgehead atoms. The zero-order chi connectivity index (χ0) is 54.9. The molecule has 418 valence electrons. The van der Waals surface area contributed by atoms with Crippen molar-refractivity contribution in [1.29, 1.82) is 0 Å². The fourth-order valence-corrected chi connectivity index (χ4v) is 9.17. The summed E-state index contributed by atoms with van der Waals surface area (Å²) >= 11 is 0. The van der Waals surface area contributed by atoms with Crippen LogP contribution in [0.1, 0.15) is 113 Å². The molecule has 2 saturated heterocycles. The average molecular weight is 1050 g/mol. The Bertz CT molecular complexity index is 2080. The number of aliphatic hydroxyl groups is 4. The monoisotopic (exact) mass is 1050 g/mol. The van der Waals surface area contributed by atoms with Gasteiger partial charge in [-0.2, -0.15) is 0 Å². The minimum atomic E-state index is -1.71. The number of hydrogen-bond acceptors (Lipinski definition) is 18. The van der Waals surface area contributed by atoms with Gasteiger partial charge in [0, 0.05) is 31.6 Å². The SMILES string of the molecule is C=C(NCC[C@H](O)C(=O)N[C@@H]1CC(NC(=O)OC(C)(C)C)[C@@H](O[C@H]2OC(CNC(=O)OCc3ccc(C)cc3)=CC[C@H]2NC2CN(C(=C)OC(C)(C)C)C2)[C@H](O)[C@H]1OC1OC[C@](C)(O)[C@H](CC)C1O)OC(C)(C)C. The first kappa shape index (κ1) is 60.0. The maximum Gasteiger partial charge on any atom is 0.407 e. The molecular formula is C53H86N6O15. The van der Waals surface area contributed by atoms with Crippen molar-refractivity contribution in [2.45, 2.75) is 205 Å². The Labute approximate surface area is 437 Å². The fraction of sp³-hybridized carbons (Fsp3) is 0.717. The van der Waals surface area contributed by atoms with Gasteiger partial charge in [-0.25, -0.2) is 9.59 Å². The number of nitrogens with zero attached hydrogens (tertiary/aromatic N) is 1. The molecule has 74 heavy (non-hydrogen) atoms. The predicted molar refractivity (Wildman–Crippen MR) is 273 cm³/mol. The topological polar surface area (TPSA) is 269 Å². The molecule has 1 aliphatic carbocycles. The van der Waals surface area contributed by atoms with E-state index < -0.39 is 108 Å². The van der Waals surface area contributed by atoms with Gasteiger partial charge in [-0.1, -0.05) is 36.8 Å². The first-order valence-electron chi connectivity index (χ1n) is 25.7. The van der Waals surface area contributed by atoms with E-state index in [2.05, 4.69) is 39.7 Å². The van der Waals surface area contributed by atoms with Crippen LogP contribution in [0.3, 0.4) is 0 Å². The number of ether oxygens (including phenoxy) is 8. The van der Waals surface area contributed by atoms with E-state index in [4.69, 9.17) is 37.9 Å². The van der Waals surface area contributed by atoms with Crippen LogP contribution in [0.4, 0.5) is 9.59 Å². The van der Waals surface area contributed by atoms with Crippen LogP contribution in [0.2, 0.25) is 0 Å². The molecule has 3 fully saturated rings. The van der Waals surface area contributed by atoms with E-state index in [0.29, 0.717) is 37.6 Å². The Kier molecular flexibility index (Phi) is 20.5. The molecule has 21 nitrogen and oxygen atoms in total. The van der Waals surface area contributed by atoms with E-state index in [1.807, 2.05) is 83.7 Å². The molecule has 3 unspecified atom stereocenters. The zero-order valence-corrected chi connectivity index (χ0v) is 45.5. The third-order valence-corrected chi connectivity index (χ3v) is 12.7. The van der Waals surface area contributed by atoms with E-state index in [-0.39, 0.29) is 51.1 Å². The predicted octanol–water partition coefficient (Wildman–Crippen LogP) is 3.81. The van der Waals surface area contributed by atoms with Crippen molar-refractivity contribution in [3.8, 4) is 0 Å². The number of amides is 3. The third kappa shape index (κ3) is 18.2. The molecule has 3 aliphatic heterocycles. The molecule has 0 spiro atoms. The molecule has 1 aromatic carbocycles. The highest BCUT2D eigenvalue weighted by Crippen LogP contribution is 2.37. The number of carbonyl (C=O) groups excluding carboxylic acids is 3. The maximum atomic E-state index is 13.9. The Hall–Kier alpha value is -4.87. The number of benzene rings is 1. The smallest absolute Gasteiger partial charge is 0.407 e. The second-order valence-electron chi connectivity index (χ2n) is 23.0. The number of aryl methyl sites for hydroxylation is 1. The number of likely N-dealkylation sites (tertiary alicyclic amines) is 1. The molecule has 1 aromatic rings. The lowest BCUT2D eigenvalue weighted by Crippen LogP contribution is -2.69. The summed E-state index contributed by atoms with van der Waals surface area (Å²) in [6.45, 7) is 30.7. The minimum Gasteiger partial charge on any atom is -0.474 e. The highest BCUT2D eigenvalue weighted by atomic mass is 16.7. The van der Waals surface area contributed by atoms with E-state index in [0.717, 1.165) is 11.1 Å². The summed E-state index contributed by atoms with van der Waals surface area (Å²) in [5.74, 6) is -0.403. The number of hydrogen-bond donors (Lipinski definition) is 9. The number of nitrogens with one attached hydrogen (secondary N) is 5. The van der Waals surface area contributed by atoms with Gasteiger partial charge in [0.25, 0.3) is 0 Å². The van der Waals surface area contributed by atoms with Crippen LogP contribution < -0.4 is 26.6 Å². The van der Waals surface area contributed by atoms with Crippen molar-refractivity contribution in [2.24, 2.45) is 5.92 Å². The molecule has 21 heteroatoms. The summed E-state index contributed by atoms with van der Waals surface area (Å²) in [6, 6.07) is 4.68. The van der Waals surface area contributed by atoms with Crippen LogP contribution in [0, 0.1) is 12.8 Å². The summed E-state index contributed by atoms with van der Waals surface area (Å²) in [5.41, 5.74) is -1.44. The lowest BCUT2D eigenvalue weighted by molar-refractivity contribution is -0.313. The van der Waals surface area contributed by atoms with Crippen LogP contribution in [0.15, 0.2) is 61.0 Å². The van der Waals surface area contributed by atoms with Gasteiger partial charge in [-0.3, -0.25) is 4.79 Å². The van der Waals surface area contributed by atoms with Crippen LogP contribution >= 0.6 is 0 Å². The molecule has 12 atom stereocenters. The number of carbonyl (C=O) groups is 3. The Balaban J connectivity index is 1.43. The van der Waals surface area contributed by atoms with Crippen LogP contribution in [-0.2, 0) is 49.3 Å². The van der Waals surface area contributed by atoms with Crippen molar-refractivity contribution in [3.63, 3.8) is 0 Å². The Morgan fingerprint density at radius 3 is 2.05 bits per heavy atom. The lowest BCUT2D eigenvalue weighted by atomic mass is 9.80. The quantitative estimate of drug-likeness (QED) is 0.0793. The van der Waals surface area contributed by atoms with Gasteiger partial charge in [0.15, 0.2) is 18.1 Å². The number of alkyl carbamates (subject to hydrolysis) is 2. The van der Waals surface area contributed by atoms with Crippen LogP contribution in [0.5, 0.6) is 0 Å². The van der Waals surface area contributed by atoms with Crippen LogP contribution in [0.25, 0.3) is 0 Å². The van der Waals surface area contributed by atoms with Crippen molar-refractivity contribution in [1.82, 2.24) is 31.5 Å². The first-order chi connectivity index (χ1) is 34.4. The van der Waals surface area contributed by atoms with Gasteiger partial charge in [0.1, 0.15) is 59.7 Å². The molecule has 3 amide bonds. The van der Waals surface area contributed by atoms with Crippen LogP contribution in [-0.4, -0.2) is 166 Å². The summed E-state index contributed by atoms with van der Waals surface area (Å²) < 4.78 is 48.6. The Morgan fingerprint density at radius 1 is 0.838 bits per heavy atom. The fourth-order valence-electron chi connectivity index (χ4n) is 9.17. The maximum absolute atomic E-state index is 13.9. The largest absolute Gasteiger partial charge is 0.474 e. The van der Waals surface area contributed by atoms with Gasteiger partial charge >= 0.3 is 12.2 Å².